The number of halogens is 1. The van der Waals surface area contributed by atoms with E-state index < -0.39 is 0 Å². The molecule has 0 atom stereocenters. The first kappa shape index (κ1) is 12.5. The molecule has 0 fully saturated rings. The third kappa shape index (κ3) is 7.17. The lowest BCUT2D eigenvalue weighted by Crippen LogP contribution is -2.15. The van der Waals surface area contributed by atoms with Gasteiger partial charge in [-0.3, -0.25) is 4.79 Å². The predicted molar refractivity (Wildman–Crippen MR) is 62.2 cm³/mol. The van der Waals surface area contributed by atoms with Crippen molar-refractivity contribution in [3.63, 3.8) is 0 Å². The van der Waals surface area contributed by atoms with Crippen molar-refractivity contribution in [2.24, 2.45) is 0 Å². The lowest BCUT2D eigenvalue weighted by Gasteiger charge is -2.12. The molecule has 0 radical (unpaired) electrons. The van der Waals surface area contributed by atoms with E-state index in [9.17, 15) is 4.79 Å². The maximum atomic E-state index is 10.8. The first-order chi connectivity index (χ1) is 5.54. The van der Waals surface area contributed by atoms with Crippen molar-refractivity contribution in [3.8, 4) is 0 Å². The number of rotatable bonds is 5. The van der Waals surface area contributed by atoms with Gasteiger partial charge in [-0.25, -0.2) is 2.52 Å². The van der Waals surface area contributed by atoms with Gasteiger partial charge < -0.3 is 4.90 Å². The van der Waals surface area contributed by atoms with Crippen LogP contribution in [-0.4, -0.2) is 39.7 Å². The lowest BCUT2D eigenvalue weighted by atomic mass is 10.5. The van der Waals surface area contributed by atoms with Gasteiger partial charge in [0.25, 0.3) is 0 Å². The summed E-state index contributed by atoms with van der Waals surface area (Å²) in [5.74, 6) is 1.10. The van der Waals surface area contributed by atoms with E-state index >= 15 is 0 Å². The van der Waals surface area contributed by atoms with Crippen LogP contribution >= 0.6 is 34.8 Å². The number of carbonyl (C=O) groups is 1. The molecule has 0 spiro atoms. The SMILES string of the molecule is CC(=O)N(I)SCCCN(C)C. The summed E-state index contributed by atoms with van der Waals surface area (Å²) in [4.78, 5) is 12.9. The Morgan fingerprint density at radius 1 is 1.50 bits per heavy atom. The quantitative estimate of drug-likeness (QED) is 0.335. The highest BCUT2D eigenvalue weighted by Gasteiger charge is 2.03. The van der Waals surface area contributed by atoms with Crippen LogP contribution in [0.25, 0.3) is 0 Å². The molecule has 0 unspecified atom stereocenters. The minimum absolute atomic E-state index is 0.102. The standard InChI is InChI=1S/C7H15IN2OS/c1-7(11)10(8)12-6-4-5-9(2)3/h4-6H2,1-3H3. The summed E-state index contributed by atoms with van der Waals surface area (Å²) >= 11 is 3.59. The average Bonchev–Trinajstić information content (AvgIpc) is 1.97. The Kier molecular flexibility index (Phi) is 7.26. The fraction of sp³-hybridized carbons (Fsp3) is 0.857. The molecule has 12 heavy (non-hydrogen) atoms. The summed E-state index contributed by atoms with van der Waals surface area (Å²) in [6, 6.07) is 0. The second-order valence-electron chi connectivity index (χ2n) is 2.75. The van der Waals surface area contributed by atoms with E-state index in [2.05, 4.69) is 19.0 Å². The molecule has 3 nitrogen and oxygen atoms in total. The van der Waals surface area contributed by atoms with E-state index in [1.54, 1.807) is 21.4 Å². The molecule has 0 heterocycles. The van der Waals surface area contributed by atoms with Crippen LogP contribution in [0, 0.1) is 0 Å². The molecule has 72 valence electrons. The second kappa shape index (κ2) is 6.97. The monoisotopic (exact) mass is 302 g/mol. The smallest absolute Gasteiger partial charge is 0.238 e. The Hall–Kier alpha value is 0.510. The molecule has 0 aliphatic rings. The maximum absolute atomic E-state index is 10.8. The van der Waals surface area contributed by atoms with Crippen molar-refractivity contribution >= 4 is 40.7 Å². The largest absolute Gasteiger partial charge is 0.309 e. The average molecular weight is 302 g/mol. The topological polar surface area (TPSA) is 23.6 Å². The highest BCUT2D eigenvalue weighted by Crippen LogP contribution is 2.16. The van der Waals surface area contributed by atoms with Gasteiger partial charge in [0.1, 0.15) is 0 Å². The van der Waals surface area contributed by atoms with Gasteiger partial charge in [-0.2, -0.15) is 0 Å². The van der Waals surface area contributed by atoms with Gasteiger partial charge in [-0.1, -0.05) is 0 Å². The maximum Gasteiger partial charge on any atom is 0.238 e. The molecular formula is C7H15IN2OS. The normalized spacial score (nSPS) is 10.4. The number of hydrogen-bond donors (Lipinski definition) is 0. The van der Waals surface area contributed by atoms with Crippen LogP contribution in [0.3, 0.4) is 0 Å². The van der Waals surface area contributed by atoms with Crippen LogP contribution in [0.1, 0.15) is 13.3 Å². The van der Waals surface area contributed by atoms with Gasteiger partial charge in [0, 0.05) is 12.7 Å². The van der Waals surface area contributed by atoms with E-state index in [1.165, 1.54) is 0 Å². The van der Waals surface area contributed by atoms with Gasteiger partial charge in [0.2, 0.25) is 5.91 Å². The van der Waals surface area contributed by atoms with Crippen LogP contribution in [0.5, 0.6) is 0 Å². The molecule has 0 bridgehead atoms. The van der Waals surface area contributed by atoms with Crippen molar-refractivity contribution in [1.82, 2.24) is 7.42 Å². The van der Waals surface area contributed by atoms with Gasteiger partial charge in [0.15, 0.2) is 0 Å². The van der Waals surface area contributed by atoms with E-state index in [4.69, 9.17) is 0 Å². The summed E-state index contributed by atoms with van der Waals surface area (Å²) in [7, 11) is 4.11. The van der Waals surface area contributed by atoms with Crippen molar-refractivity contribution in [2.75, 3.05) is 26.4 Å². The van der Waals surface area contributed by atoms with Crippen LogP contribution < -0.4 is 0 Å². The molecule has 0 N–H and O–H groups in total. The zero-order valence-corrected chi connectivity index (χ0v) is 10.7. The van der Waals surface area contributed by atoms with Crippen molar-refractivity contribution in [3.05, 3.63) is 0 Å². The minimum atomic E-state index is 0.102. The fourth-order valence-corrected chi connectivity index (χ4v) is 1.81. The van der Waals surface area contributed by atoms with Gasteiger partial charge in [-0.05, 0) is 39.0 Å². The molecular weight excluding hydrogens is 287 g/mol. The van der Waals surface area contributed by atoms with Crippen LogP contribution in [0.4, 0.5) is 0 Å². The van der Waals surface area contributed by atoms with E-state index in [1.807, 2.05) is 22.9 Å². The Labute approximate surface area is 92.5 Å². The zero-order chi connectivity index (χ0) is 9.56. The summed E-state index contributed by atoms with van der Waals surface area (Å²) < 4.78 is 1.65. The first-order valence-electron chi connectivity index (χ1n) is 3.78. The minimum Gasteiger partial charge on any atom is -0.309 e. The predicted octanol–water partition coefficient (Wildman–Crippen LogP) is 1.78. The molecule has 0 aliphatic carbocycles. The molecule has 0 saturated heterocycles. The highest BCUT2D eigenvalue weighted by molar-refractivity contribution is 14.1. The third-order valence-electron chi connectivity index (χ3n) is 1.20. The van der Waals surface area contributed by atoms with Crippen molar-refractivity contribution in [1.29, 1.82) is 0 Å². The first-order valence-corrected chi connectivity index (χ1v) is 5.69. The van der Waals surface area contributed by atoms with Crippen LogP contribution in [0.15, 0.2) is 0 Å². The zero-order valence-electron chi connectivity index (χ0n) is 7.71. The Morgan fingerprint density at radius 2 is 2.08 bits per heavy atom. The Balaban J connectivity index is 3.25. The summed E-state index contributed by atoms with van der Waals surface area (Å²) in [6.07, 6.45) is 1.12. The van der Waals surface area contributed by atoms with E-state index in [-0.39, 0.29) is 5.91 Å². The summed E-state index contributed by atoms with van der Waals surface area (Å²) in [6.45, 7) is 2.65. The van der Waals surface area contributed by atoms with Gasteiger partial charge >= 0.3 is 0 Å². The third-order valence-corrected chi connectivity index (χ3v) is 3.67. The number of nitrogens with zero attached hydrogens (tertiary/aromatic N) is 2. The van der Waals surface area contributed by atoms with Crippen molar-refractivity contribution < 1.29 is 4.79 Å². The lowest BCUT2D eigenvalue weighted by molar-refractivity contribution is -0.119. The summed E-state index contributed by atoms with van der Waals surface area (Å²) in [5, 5.41) is 0. The second-order valence-corrected chi connectivity index (χ2v) is 5.41. The molecule has 1 amide bonds. The Bertz CT molecular complexity index is 143. The molecule has 5 heteroatoms. The molecule has 0 aromatic rings. The molecule has 0 aromatic carbocycles. The van der Waals surface area contributed by atoms with Crippen LogP contribution in [0.2, 0.25) is 0 Å². The summed E-state index contributed by atoms with van der Waals surface area (Å²) in [5.41, 5.74) is 0. The highest BCUT2D eigenvalue weighted by atomic mass is 127. The number of carbonyl (C=O) groups excluding carboxylic acids is 1. The van der Waals surface area contributed by atoms with Crippen LogP contribution in [-0.2, 0) is 4.79 Å². The van der Waals surface area contributed by atoms with Crippen molar-refractivity contribution in [2.45, 2.75) is 13.3 Å². The molecule has 0 saturated carbocycles. The molecule has 0 aromatic heterocycles. The van der Waals surface area contributed by atoms with Gasteiger partial charge in [0.05, 0.1) is 22.9 Å². The number of amides is 1. The molecule has 0 aliphatic heterocycles. The Morgan fingerprint density at radius 3 is 2.50 bits per heavy atom. The fourth-order valence-electron chi connectivity index (χ4n) is 0.616. The van der Waals surface area contributed by atoms with E-state index in [0.717, 1.165) is 18.7 Å². The molecule has 0 rings (SSSR count). The van der Waals surface area contributed by atoms with E-state index in [0.29, 0.717) is 0 Å². The van der Waals surface area contributed by atoms with Gasteiger partial charge in [-0.15, -0.1) is 0 Å². The number of hydrogen-bond acceptors (Lipinski definition) is 3.